The molecule has 0 aromatic carbocycles. The smallest absolute Gasteiger partial charge is 0.230 e. The molecule has 0 saturated heterocycles. The van der Waals surface area contributed by atoms with Gasteiger partial charge in [-0.2, -0.15) is 5.10 Å². The largest absolute Gasteiger partial charge is 0.300 e. The molecule has 1 aliphatic heterocycles. The van der Waals surface area contributed by atoms with Gasteiger partial charge in [-0.1, -0.05) is 20.8 Å². The number of aromatic nitrogens is 2. The van der Waals surface area contributed by atoms with Gasteiger partial charge in [0.25, 0.3) is 0 Å². The van der Waals surface area contributed by atoms with Crippen LogP contribution in [0.3, 0.4) is 0 Å². The third-order valence-electron chi connectivity index (χ3n) is 2.80. The predicted molar refractivity (Wildman–Crippen MR) is 65.4 cm³/mol. The number of rotatable bonds is 0. The Kier molecular flexibility index (Phi) is 4.52. The third kappa shape index (κ3) is 2.43. The van der Waals surface area contributed by atoms with Crippen LogP contribution in [0.5, 0.6) is 0 Å². The summed E-state index contributed by atoms with van der Waals surface area (Å²) in [5.74, 6) is 1.22. The van der Waals surface area contributed by atoms with E-state index in [1.165, 1.54) is 0 Å². The van der Waals surface area contributed by atoms with Gasteiger partial charge in [0.15, 0.2) is 0 Å². The van der Waals surface area contributed by atoms with Crippen molar-refractivity contribution in [2.75, 3.05) is 11.9 Å². The number of aryl methyl sites for hydroxylation is 1. The summed E-state index contributed by atoms with van der Waals surface area (Å²) < 4.78 is 1.89. The molecule has 1 aromatic rings. The van der Waals surface area contributed by atoms with Crippen molar-refractivity contribution in [3.63, 3.8) is 0 Å². The molecular weight excluding hydrogens is 202 g/mol. The van der Waals surface area contributed by atoms with Crippen LogP contribution in [0.2, 0.25) is 0 Å². The van der Waals surface area contributed by atoms with Crippen LogP contribution in [0.1, 0.15) is 33.6 Å². The zero-order valence-corrected chi connectivity index (χ0v) is 10.6. The lowest BCUT2D eigenvalue weighted by atomic mass is 10.0. The number of fused-ring (bicyclic) bond motifs is 1. The van der Waals surface area contributed by atoms with Crippen molar-refractivity contribution < 1.29 is 4.79 Å². The molecule has 90 valence electrons. The van der Waals surface area contributed by atoms with Gasteiger partial charge >= 0.3 is 0 Å². The lowest BCUT2D eigenvalue weighted by Crippen LogP contribution is -2.35. The second-order valence-electron chi connectivity index (χ2n) is 3.85. The van der Waals surface area contributed by atoms with Crippen LogP contribution in [0.15, 0.2) is 12.3 Å². The van der Waals surface area contributed by atoms with Crippen molar-refractivity contribution in [3.8, 4) is 0 Å². The highest BCUT2D eigenvalue weighted by Gasteiger charge is 2.23. The van der Waals surface area contributed by atoms with Crippen molar-refractivity contribution in [2.45, 2.75) is 40.2 Å². The maximum atomic E-state index is 11.8. The molecule has 1 unspecified atom stereocenters. The zero-order valence-electron chi connectivity index (χ0n) is 10.6. The van der Waals surface area contributed by atoms with Crippen LogP contribution < -0.4 is 4.90 Å². The van der Waals surface area contributed by atoms with E-state index < -0.39 is 0 Å². The van der Waals surface area contributed by atoms with Gasteiger partial charge in [0.1, 0.15) is 5.82 Å². The van der Waals surface area contributed by atoms with Crippen molar-refractivity contribution in [1.29, 1.82) is 0 Å². The summed E-state index contributed by atoms with van der Waals surface area (Å²) in [7, 11) is 1.82. The normalized spacial score (nSPS) is 20.4. The number of hydrogen-bond donors (Lipinski definition) is 0. The Labute approximate surface area is 97.2 Å². The first-order chi connectivity index (χ1) is 7.70. The Bertz CT molecular complexity index is 346. The Morgan fingerprint density at radius 2 is 2.12 bits per heavy atom. The lowest BCUT2D eigenvalue weighted by molar-refractivity contribution is -0.122. The van der Waals surface area contributed by atoms with Crippen LogP contribution in [-0.4, -0.2) is 22.7 Å². The summed E-state index contributed by atoms with van der Waals surface area (Å²) >= 11 is 0. The Hall–Kier alpha value is -1.32. The molecule has 0 aliphatic carbocycles. The summed E-state index contributed by atoms with van der Waals surface area (Å²) in [4.78, 5) is 13.5. The highest BCUT2D eigenvalue weighted by Crippen LogP contribution is 2.21. The zero-order chi connectivity index (χ0) is 12.1. The van der Waals surface area contributed by atoms with Crippen molar-refractivity contribution in [2.24, 2.45) is 5.92 Å². The minimum absolute atomic E-state index is 0.128. The molecule has 1 amide bonds. The fourth-order valence-electron chi connectivity index (χ4n) is 1.90. The maximum absolute atomic E-state index is 11.8. The van der Waals surface area contributed by atoms with Gasteiger partial charge in [-0.05, 0) is 12.8 Å². The monoisotopic (exact) mass is 223 g/mol. The summed E-state index contributed by atoms with van der Waals surface area (Å²) in [6.45, 7) is 6.90. The molecule has 0 N–H and O–H groups in total. The summed E-state index contributed by atoms with van der Waals surface area (Å²) in [6, 6.07) is 1.88. The van der Waals surface area contributed by atoms with Gasteiger partial charge in [-0.25, -0.2) is 4.68 Å². The average Bonchev–Trinajstić information content (AvgIpc) is 2.76. The van der Waals surface area contributed by atoms with E-state index in [9.17, 15) is 4.79 Å². The number of carbonyl (C=O) groups is 1. The topological polar surface area (TPSA) is 38.1 Å². The second-order valence-corrected chi connectivity index (χ2v) is 3.85. The van der Waals surface area contributed by atoms with Gasteiger partial charge in [-0.15, -0.1) is 0 Å². The second kappa shape index (κ2) is 5.68. The van der Waals surface area contributed by atoms with Crippen LogP contribution in [-0.2, 0) is 11.3 Å². The molecule has 0 spiro atoms. The fourth-order valence-corrected chi connectivity index (χ4v) is 1.90. The minimum atomic E-state index is 0.128. The lowest BCUT2D eigenvalue weighted by Gasteiger charge is -2.24. The SMILES string of the molecule is CC.CC1CCCn2nccc2N(C)C1=O. The van der Waals surface area contributed by atoms with E-state index in [0.29, 0.717) is 0 Å². The molecule has 0 fully saturated rings. The molecule has 1 aliphatic rings. The maximum Gasteiger partial charge on any atom is 0.230 e. The van der Waals surface area contributed by atoms with E-state index >= 15 is 0 Å². The molecule has 1 atom stereocenters. The molecule has 0 radical (unpaired) electrons. The summed E-state index contributed by atoms with van der Waals surface area (Å²) in [6.07, 6.45) is 3.72. The van der Waals surface area contributed by atoms with Crippen LogP contribution in [0, 0.1) is 5.92 Å². The molecule has 16 heavy (non-hydrogen) atoms. The van der Waals surface area contributed by atoms with E-state index in [4.69, 9.17) is 0 Å². The standard InChI is InChI=1S/C10H15N3O.C2H6/c1-8-4-3-7-13-9(5-6-11-13)12(2)10(8)14;1-2/h5-6,8H,3-4,7H2,1-2H3;1-2H3. The molecule has 4 heteroatoms. The van der Waals surface area contributed by atoms with E-state index in [-0.39, 0.29) is 11.8 Å². The number of carbonyl (C=O) groups excluding carboxylic acids is 1. The molecule has 4 nitrogen and oxygen atoms in total. The minimum Gasteiger partial charge on any atom is -0.300 e. The van der Waals surface area contributed by atoms with Crippen LogP contribution in [0.4, 0.5) is 5.82 Å². The summed E-state index contributed by atoms with van der Waals surface area (Å²) in [5, 5.41) is 4.19. The molecule has 2 rings (SSSR count). The summed E-state index contributed by atoms with van der Waals surface area (Å²) in [5.41, 5.74) is 0. The molecule has 0 saturated carbocycles. The van der Waals surface area contributed by atoms with Gasteiger partial charge < -0.3 is 0 Å². The first-order valence-electron chi connectivity index (χ1n) is 5.99. The van der Waals surface area contributed by atoms with Gasteiger partial charge in [-0.3, -0.25) is 9.69 Å². The van der Waals surface area contributed by atoms with Gasteiger partial charge in [0.05, 0.1) is 6.20 Å². The number of hydrogen-bond acceptors (Lipinski definition) is 2. The molecule has 1 aromatic heterocycles. The van der Waals surface area contributed by atoms with Crippen LogP contribution in [0.25, 0.3) is 0 Å². The Morgan fingerprint density at radius 3 is 2.81 bits per heavy atom. The molecular formula is C12H21N3O. The number of nitrogens with zero attached hydrogens (tertiary/aromatic N) is 3. The van der Waals surface area contributed by atoms with Crippen molar-refractivity contribution in [3.05, 3.63) is 12.3 Å². The van der Waals surface area contributed by atoms with E-state index in [1.807, 2.05) is 38.6 Å². The van der Waals surface area contributed by atoms with E-state index in [0.717, 1.165) is 25.2 Å². The first kappa shape index (κ1) is 12.7. The highest BCUT2D eigenvalue weighted by atomic mass is 16.2. The highest BCUT2D eigenvalue weighted by molar-refractivity contribution is 5.93. The molecule has 2 heterocycles. The average molecular weight is 223 g/mol. The third-order valence-corrected chi connectivity index (χ3v) is 2.80. The van der Waals surface area contributed by atoms with E-state index in [1.54, 1.807) is 11.1 Å². The predicted octanol–water partition coefficient (Wildman–Crippen LogP) is 2.30. The molecule has 0 bridgehead atoms. The number of amides is 1. The Morgan fingerprint density at radius 1 is 1.44 bits per heavy atom. The Balaban J connectivity index is 0.000000606. The van der Waals surface area contributed by atoms with Gasteiger partial charge in [0.2, 0.25) is 5.91 Å². The number of anilines is 1. The van der Waals surface area contributed by atoms with Crippen molar-refractivity contribution >= 4 is 11.7 Å². The van der Waals surface area contributed by atoms with Crippen LogP contribution >= 0.6 is 0 Å². The quantitative estimate of drug-likeness (QED) is 0.677. The first-order valence-corrected chi connectivity index (χ1v) is 5.99. The van der Waals surface area contributed by atoms with E-state index in [2.05, 4.69) is 5.10 Å². The van der Waals surface area contributed by atoms with Gasteiger partial charge in [0, 0.05) is 25.6 Å². The van der Waals surface area contributed by atoms with Crippen molar-refractivity contribution in [1.82, 2.24) is 9.78 Å². The fraction of sp³-hybridized carbons (Fsp3) is 0.667.